The van der Waals surface area contributed by atoms with Crippen LogP contribution >= 0.6 is 0 Å². The molecule has 3 N–H and O–H groups in total. The molecule has 12 nitrogen and oxygen atoms in total. The van der Waals surface area contributed by atoms with E-state index in [1.807, 2.05) is 21.3 Å². The van der Waals surface area contributed by atoms with Gasteiger partial charge in [-0.3, -0.25) is 4.79 Å². The summed E-state index contributed by atoms with van der Waals surface area (Å²) in [6.07, 6.45) is 21.1. The SMILES string of the molecule is C.C.C.CO[C@H]1C[C@]2(C)C(=O)CC[C@H]2[C@@H]2CC[C@H]3C[C@H](O)[C@@H](OC)C[C@]3(C)[C@H]21.CO[C@H]1C[C@]2(C)[C@@H](C#N)CC[C@H]2[C@@H]2CC[C@H]3C[C@H](O)[C@@H](OC)C[C@]3(C)[C@H]21.CO[C@H]1C[C@]2(C)[C@H](C#N)CC[C@H]2[C@@H]2CC[C@H]3C[C@H](O)[C@@H](OC)C[C@]3(C)[C@H]21. The largest absolute Gasteiger partial charge is 0.390 e. The number of fused-ring (bicyclic) bond motifs is 15. The summed E-state index contributed by atoms with van der Waals surface area (Å²) in [4.78, 5) is 12.7. The predicted octanol–water partition coefficient (Wildman–Crippen LogP) is 12.7. The van der Waals surface area contributed by atoms with Crippen molar-refractivity contribution in [3.63, 3.8) is 0 Å². The standard InChI is InChI=1S/2C22H35NO3.C21H34O4.3CH4/c2*1-21-11-19(26-4)20-15(16(21)8-6-14(21)12-23)7-5-13-9-17(24)18(25-3)10-22(13,20)2;1-20-10-16(24-3)15(22)9-12(20)5-6-13-14-7-8-18(23)21(14,2)11-17(25-4)19(13)20;;;/h2*13-20,24H,5-11H2,1-4H3;12-17,19,22H,5-11H2,1-4H3;3*1H4/t13-,14+,15-,16-,17-,18-,19-,20+,21+,22-;13-,14-,15-,16-,17-,18-,19-,20+,21+,22-;12-,13-,14-,15-,16-,17-,19+,20-,21-;;;/m000.../s1. The Hall–Kier alpha value is -1.71. The van der Waals surface area contributed by atoms with Gasteiger partial charge < -0.3 is 43.7 Å². The van der Waals surface area contributed by atoms with Crippen LogP contribution in [-0.2, 0) is 33.2 Å². The van der Waals surface area contributed by atoms with Crippen molar-refractivity contribution < 1.29 is 48.5 Å². The summed E-state index contributed by atoms with van der Waals surface area (Å²) in [5.74, 6) is 7.65. The van der Waals surface area contributed by atoms with Gasteiger partial charge in [0.15, 0.2) is 0 Å². The zero-order valence-electron chi connectivity index (χ0n) is 49.7. The molecule has 0 aromatic rings. The molecular formula is C68H116N2O10. The van der Waals surface area contributed by atoms with Crippen LogP contribution in [0.5, 0.6) is 0 Å². The maximum absolute atomic E-state index is 12.7. The Balaban J connectivity index is 0.000000170. The van der Waals surface area contributed by atoms with Crippen molar-refractivity contribution in [3.05, 3.63) is 0 Å². The zero-order valence-corrected chi connectivity index (χ0v) is 49.7. The topological polar surface area (TPSA) is 181 Å². The molecule has 0 spiro atoms. The summed E-state index contributed by atoms with van der Waals surface area (Å²) in [5.41, 5.74) is 0.491. The molecule has 0 heterocycles. The Kier molecular flexibility index (Phi) is 20.2. The minimum Gasteiger partial charge on any atom is -0.390 e. The first-order valence-corrected chi connectivity index (χ1v) is 31.2. The Morgan fingerprint density at radius 3 is 1.01 bits per heavy atom. The Labute approximate surface area is 486 Å². The van der Waals surface area contributed by atoms with Crippen LogP contribution in [-0.4, -0.2) is 119 Å². The average Bonchev–Trinajstić information content (AvgIpc) is 4.11. The quantitative estimate of drug-likeness (QED) is 0.229. The Morgan fingerprint density at radius 2 is 0.700 bits per heavy atom. The minimum atomic E-state index is -0.345. The maximum atomic E-state index is 12.7. The molecule has 12 aliphatic carbocycles. The molecule has 0 aromatic carbocycles. The number of ether oxygens (including phenoxy) is 6. The highest BCUT2D eigenvalue weighted by Crippen LogP contribution is 2.71. The first-order chi connectivity index (χ1) is 36.6. The number of methoxy groups -OCH3 is 6. The summed E-state index contributed by atoms with van der Waals surface area (Å²) < 4.78 is 35.3. The highest BCUT2D eigenvalue weighted by Gasteiger charge is 2.68. The number of aliphatic hydroxyl groups excluding tert-OH is 3. The smallest absolute Gasteiger partial charge is 0.139 e. The number of hydrogen-bond acceptors (Lipinski definition) is 12. The molecule has 0 amide bonds. The zero-order chi connectivity index (χ0) is 55.4. The maximum Gasteiger partial charge on any atom is 0.139 e. The van der Waals surface area contributed by atoms with Gasteiger partial charge in [-0.2, -0.15) is 10.5 Å². The van der Waals surface area contributed by atoms with E-state index in [1.54, 1.807) is 21.3 Å². The lowest BCUT2D eigenvalue weighted by Gasteiger charge is -2.63. The third kappa shape index (κ3) is 10.2. The highest BCUT2D eigenvalue weighted by atomic mass is 16.5. The summed E-state index contributed by atoms with van der Waals surface area (Å²) in [6.45, 7) is 14.2. The first-order valence-electron chi connectivity index (χ1n) is 31.2. The summed E-state index contributed by atoms with van der Waals surface area (Å²) in [6, 6.07) is 5.25. The van der Waals surface area contributed by atoms with Crippen LogP contribution < -0.4 is 0 Å². The van der Waals surface area contributed by atoms with Crippen LogP contribution in [0.1, 0.15) is 199 Å². The number of rotatable bonds is 6. The van der Waals surface area contributed by atoms with Gasteiger partial charge in [0.2, 0.25) is 0 Å². The van der Waals surface area contributed by atoms with Gasteiger partial charge in [0, 0.05) is 54.5 Å². The fourth-order valence-corrected chi connectivity index (χ4v) is 23.6. The van der Waals surface area contributed by atoms with Gasteiger partial charge in [-0.05, 0) is 227 Å². The number of aliphatic hydroxyl groups is 3. The number of nitriles is 2. The van der Waals surface area contributed by atoms with Crippen molar-refractivity contribution in [2.45, 2.75) is 254 Å². The number of hydrogen-bond donors (Lipinski definition) is 3. The van der Waals surface area contributed by atoms with Crippen molar-refractivity contribution in [1.29, 1.82) is 10.5 Å². The minimum absolute atomic E-state index is 0. The van der Waals surface area contributed by atoms with E-state index >= 15 is 0 Å². The predicted molar refractivity (Wildman–Crippen MR) is 314 cm³/mol. The molecule has 12 aliphatic rings. The summed E-state index contributed by atoms with van der Waals surface area (Å²) in [7, 11) is 10.7. The van der Waals surface area contributed by atoms with Crippen LogP contribution in [0.3, 0.4) is 0 Å². The van der Waals surface area contributed by atoms with E-state index in [1.165, 1.54) is 51.4 Å². The Morgan fingerprint density at radius 1 is 0.400 bits per heavy atom. The van der Waals surface area contributed by atoms with Gasteiger partial charge in [0.25, 0.3) is 0 Å². The molecule has 0 saturated heterocycles. The first kappa shape index (κ1) is 65.8. The van der Waals surface area contributed by atoms with Crippen molar-refractivity contribution in [2.24, 2.45) is 115 Å². The van der Waals surface area contributed by atoms with Crippen molar-refractivity contribution in [2.75, 3.05) is 42.7 Å². The van der Waals surface area contributed by atoms with Crippen LogP contribution in [0.2, 0.25) is 0 Å². The Bertz CT molecular complexity index is 2100. The number of Topliss-reactive ketones (excluding diaryl/α,β-unsaturated/α-hetero) is 1. The number of ketones is 1. The third-order valence-electron chi connectivity index (χ3n) is 27.5. The molecule has 0 radical (unpaired) electrons. The van der Waals surface area contributed by atoms with Crippen molar-refractivity contribution in [1.82, 2.24) is 0 Å². The third-order valence-corrected chi connectivity index (χ3v) is 27.5. The fraction of sp³-hybridized carbons (Fsp3) is 0.956. The fourth-order valence-electron chi connectivity index (χ4n) is 23.6. The molecular weight excluding hydrogens is 1000 g/mol. The molecule has 458 valence electrons. The van der Waals surface area contributed by atoms with E-state index in [-0.39, 0.29) is 122 Å². The molecule has 12 fully saturated rings. The molecule has 12 rings (SSSR count). The van der Waals surface area contributed by atoms with E-state index < -0.39 is 0 Å². The van der Waals surface area contributed by atoms with Crippen LogP contribution in [0.4, 0.5) is 0 Å². The summed E-state index contributed by atoms with van der Waals surface area (Å²) >= 11 is 0. The molecule has 0 aliphatic heterocycles. The van der Waals surface area contributed by atoms with Gasteiger partial charge in [0.05, 0.1) is 78.9 Å². The molecule has 29 atom stereocenters. The van der Waals surface area contributed by atoms with Gasteiger partial charge in [-0.15, -0.1) is 0 Å². The molecule has 0 bridgehead atoms. The second-order valence-electron chi connectivity index (χ2n) is 29.9. The van der Waals surface area contributed by atoms with E-state index in [0.717, 1.165) is 83.5 Å². The van der Waals surface area contributed by atoms with E-state index in [4.69, 9.17) is 28.4 Å². The number of carbonyl (C=O) groups excluding carboxylic acids is 1. The van der Waals surface area contributed by atoms with Crippen LogP contribution in [0, 0.1) is 138 Å². The summed E-state index contributed by atoms with van der Waals surface area (Å²) in [5, 5.41) is 50.9. The lowest BCUT2D eigenvalue weighted by molar-refractivity contribution is -0.204. The van der Waals surface area contributed by atoms with Gasteiger partial charge in [-0.25, -0.2) is 0 Å². The van der Waals surface area contributed by atoms with E-state index in [9.17, 15) is 30.6 Å². The second kappa shape index (κ2) is 24.6. The normalized spacial score (nSPS) is 53.8. The molecule has 80 heavy (non-hydrogen) atoms. The van der Waals surface area contributed by atoms with Gasteiger partial charge >= 0.3 is 0 Å². The lowest BCUT2D eigenvalue weighted by atomic mass is 9.43. The average molecular weight is 1120 g/mol. The highest BCUT2D eigenvalue weighted by molar-refractivity contribution is 5.87. The van der Waals surface area contributed by atoms with Crippen molar-refractivity contribution in [3.8, 4) is 12.1 Å². The van der Waals surface area contributed by atoms with Gasteiger partial charge in [-0.1, -0.05) is 63.8 Å². The van der Waals surface area contributed by atoms with E-state index in [0.29, 0.717) is 76.8 Å². The lowest BCUT2D eigenvalue weighted by Crippen LogP contribution is -2.61. The molecule has 12 heteroatoms. The van der Waals surface area contributed by atoms with Crippen LogP contribution in [0.25, 0.3) is 0 Å². The molecule has 0 unspecified atom stereocenters. The van der Waals surface area contributed by atoms with Crippen LogP contribution in [0.15, 0.2) is 0 Å². The monoisotopic (exact) mass is 1120 g/mol. The number of nitrogens with zero attached hydrogens (tertiary/aromatic N) is 2. The van der Waals surface area contributed by atoms with E-state index in [2.05, 4.69) is 53.7 Å². The van der Waals surface area contributed by atoms with Gasteiger partial charge in [0.1, 0.15) is 5.78 Å². The molecule has 12 saturated carbocycles. The molecule has 0 aromatic heterocycles. The number of carbonyl (C=O) groups is 1. The second-order valence-corrected chi connectivity index (χ2v) is 29.9. The van der Waals surface area contributed by atoms with Crippen molar-refractivity contribution >= 4 is 5.78 Å².